The highest BCUT2D eigenvalue weighted by molar-refractivity contribution is 5.94. The first-order valence-corrected chi connectivity index (χ1v) is 9.01. The Morgan fingerprint density at radius 3 is 2.58 bits per heavy atom. The Morgan fingerprint density at radius 1 is 1.12 bits per heavy atom. The van der Waals surface area contributed by atoms with Gasteiger partial charge in [0, 0.05) is 32.0 Å². The molecule has 0 unspecified atom stereocenters. The number of likely N-dealkylation sites (tertiary alicyclic amines) is 1. The predicted molar refractivity (Wildman–Crippen MR) is 101 cm³/mol. The maximum absolute atomic E-state index is 12.5. The van der Waals surface area contributed by atoms with E-state index in [4.69, 9.17) is 9.47 Å². The Hall–Kier alpha value is -2.76. The van der Waals surface area contributed by atoms with Crippen LogP contribution in [0.3, 0.4) is 0 Å². The summed E-state index contributed by atoms with van der Waals surface area (Å²) in [7, 11) is 1.64. The van der Waals surface area contributed by atoms with E-state index < -0.39 is 0 Å². The van der Waals surface area contributed by atoms with Crippen LogP contribution < -0.4 is 14.8 Å². The third kappa shape index (κ3) is 4.88. The molecule has 1 amide bonds. The lowest BCUT2D eigenvalue weighted by atomic mass is 10.1. The summed E-state index contributed by atoms with van der Waals surface area (Å²) in [5, 5.41) is 3.25. The van der Waals surface area contributed by atoms with Crippen LogP contribution in [0.25, 0.3) is 0 Å². The molecule has 0 spiro atoms. The molecule has 0 atom stereocenters. The molecule has 3 rings (SSSR count). The largest absolute Gasteiger partial charge is 0.497 e. The van der Waals surface area contributed by atoms with Gasteiger partial charge in [-0.15, -0.1) is 0 Å². The third-order valence-electron chi connectivity index (χ3n) is 4.39. The second-order valence-corrected chi connectivity index (χ2v) is 6.27. The summed E-state index contributed by atoms with van der Waals surface area (Å²) in [5.74, 6) is 1.66. The van der Waals surface area contributed by atoms with Crippen molar-refractivity contribution < 1.29 is 14.3 Å². The summed E-state index contributed by atoms with van der Waals surface area (Å²) in [5.41, 5.74) is 1.46. The predicted octanol–water partition coefficient (Wildman–Crippen LogP) is 3.21. The zero-order valence-corrected chi connectivity index (χ0v) is 15.1. The first-order chi connectivity index (χ1) is 12.8. The van der Waals surface area contributed by atoms with E-state index in [-0.39, 0.29) is 5.91 Å². The molecule has 6 heteroatoms. The van der Waals surface area contributed by atoms with Crippen molar-refractivity contribution in [2.24, 2.45) is 0 Å². The Morgan fingerprint density at radius 2 is 1.85 bits per heavy atom. The summed E-state index contributed by atoms with van der Waals surface area (Å²) >= 11 is 0. The molecular formula is C20H25N3O3. The number of anilines is 1. The van der Waals surface area contributed by atoms with Crippen LogP contribution in [0.4, 0.5) is 5.69 Å². The monoisotopic (exact) mass is 355 g/mol. The minimum absolute atomic E-state index is 0.0651. The molecule has 0 radical (unpaired) electrons. The van der Waals surface area contributed by atoms with E-state index >= 15 is 0 Å². The molecule has 0 aliphatic carbocycles. The van der Waals surface area contributed by atoms with Crippen LogP contribution >= 0.6 is 0 Å². The summed E-state index contributed by atoms with van der Waals surface area (Å²) in [6, 6.07) is 9.33. The number of benzene rings is 1. The minimum atomic E-state index is 0.0651. The number of methoxy groups -OCH3 is 1. The zero-order chi connectivity index (χ0) is 18.2. The summed E-state index contributed by atoms with van der Waals surface area (Å²) in [6.07, 6.45) is 6.73. The molecule has 1 aromatic carbocycles. The number of hydrogen-bond acceptors (Lipinski definition) is 5. The lowest BCUT2D eigenvalue weighted by Gasteiger charge is -2.26. The van der Waals surface area contributed by atoms with E-state index in [2.05, 4.69) is 10.3 Å². The molecule has 1 fully saturated rings. The Kier molecular flexibility index (Phi) is 6.30. The average molecular weight is 355 g/mol. The quantitative estimate of drug-likeness (QED) is 0.773. The van der Waals surface area contributed by atoms with E-state index in [1.165, 1.54) is 6.42 Å². The molecule has 1 aliphatic rings. The van der Waals surface area contributed by atoms with E-state index in [0.717, 1.165) is 43.1 Å². The normalized spacial score (nSPS) is 14.0. The first kappa shape index (κ1) is 18.0. The van der Waals surface area contributed by atoms with Crippen LogP contribution in [0.15, 0.2) is 42.7 Å². The van der Waals surface area contributed by atoms with Crippen LogP contribution in [0, 0.1) is 0 Å². The number of amides is 1. The highest BCUT2D eigenvalue weighted by Gasteiger charge is 2.18. The highest BCUT2D eigenvalue weighted by Crippen LogP contribution is 2.17. The summed E-state index contributed by atoms with van der Waals surface area (Å²) in [4.78, 5) is 18.6. The van der Waals surface area contributed by atoms with Gasteiger partial charge in [-0.05, 0) is 49.6 Å². The van der Waals surface area contributed by atoms with Crippen molar-refractivity contribution in [3.8, 4) is 11.5 Å². The summed E-state index contributed by atoms with van der Waals surface area (Å²) < 4.78 is 10.8. The fraction of sp³-hybridized carbons (Fsp3) is 0.400. The second kappa shape index (κ2) is 9.08. The molecule has 0 saturated carbocycles. The number of nitrogens with zero attached hydrogens (tertiary/aromatic N) is 2. The molecular weight excluding hydrogens is 330 g/mol. The van der Waals surface area contributed by atoms with Crippen molar-refractivity contribution >= 4 is 11.6 Å². The fourth-order valence-electron chi connectivity index (χ4n) is 2.97. The van der Waals surface area contributed by atoms with Gasteiger partial charge in [-0.3, -0.25) is 9.78 Å². The number of rotatable bonds is 7. The van der Waals surface area contributed by atoms with Crippen molar-refractivity contribution in [2.75, 3.05) is 38.7 Å². The smallest absolute Gasteiger partial charge is 0.255 e. The van der Waals surface area contributed by atoms with Crippen molar-refractivity contribution in [2.45, 2.75) is 19.3 Å². The van der Waals surface area contributed by atoms with Crippen LogP contribution in [-0.2, 0) is 0 Å². The number of nitrogens with one attached hydrogen (secondary N) is 1. The van der Waals surface area contributed by atoms with Crippen LogP contribution in [0.5, 0.6) is 11.5 Å². The van der Waals surface area contributed by atoms with Gasteiger partial charge >= 0.3 is 0 Å². The van der Waals surface area contributed by atoms with Crippen molar-refractivity contribution in [1.29, 1.82) is 0 Å². The number of aromatic nitrogens is 1. The van der Waals surface area contributed by atoms with E-state index in [1.54, 1.807) is 19.5 Å². The van der Waals surface area contributed by atoms with Crippen molar-refractivity contribution in [3.05, 3.63) is 48.3 Å². The van der Waals surface area contributed by atoms with Gasteiger partial charge in [0.2, 0.25) is 0 Å². The average Bonchev–Trinajstić information content (AvgIpc) is 2.72. The maximum Gasteiger partial charge on any atom is 0.255 e. The molecule has 1 aliphatic heterocycles. The Labute approximate surface area is 154 Å². The molecule has 0 bridgehead atoms. The van der Waals surface area contributed by atoms with Crippen molar-refractivity contribution in [3.63, 3.8) is 0 Å². The molecule has 1 saturated heterocycles. The van der Waals surface area contributed by atoms with Gasteiger partial charge in [-0.2, -0.15) is 0 Å². The minimum Gasteiger partial charge on any atom is -0.497 e. The lowest BCUT2D eigenvalue weighted by Crippen LogP contribution is -2.35. The molecule has 138 valence electrons. The second-order valence-electron chi connectivity index (χ2n) is 6.27. The molecule has 1 aromatic heterocycles. The van der Waals surface area contributed by atoms with Crippen LogP contribution in [0.2, 0.25) is 0 Å². The topological polar surface area (TPSA) is 63.7 Å². The number of carbonyl (C=O) groups is 1. The third-order valence-corrected chi connectivity index (χ3v) is 4.39. The van der Waals surface area contributed by atoms with Crippen molar-refractivity contribution in [1.82, 2.24) is 9.88 Å². The van der Waals surface area contributed by atoms with Gasteiger partial charge in [0.05, 0.1) is 18.4 Å². The maximum atomic E-state index is 12.5. The Balaban J connectivity index is 1.48. The SMILES string of the molecule is COc1ccc(OCCNc2cncc(C(=O)N3CCCCC3)c2)cc1. The van der Waals surface area contributed by atoms with Gasteiger partial charge < -0.3 is 19.7 Å². The lowest BCUT2D eigenvalue weighted by molar-refractivity contribution is 0.0724. The van der Waals surface area contributed by atoms with Crippen LogP contribution in [-0.4, -0.2) is 49.1 Å². The van der Waals surface area contributed by atoms with Gasteiger partial charge in [0.1, 0.15) is 18.1 Å². The standard InChI is InChI=1S/C20H25N3O3/c1-25-18-5-7-19(8-6-18)26-12-9-22-17-13-16(14-21-15-17)20(24)23-10-3-2-4-11-23/h5-8,13-15,22H,2-4,9-12H2,1H3. The highest BCUT2D eigenvalue weighted by atomic mass is 16.5. The van der Waals surface area contributed by atoms with Gasteiger partial charge in [0.15, 0.2) is 0 Å². The number of hydrogen-bond donors (Lipinski definition) is 1. The van der Waals surface area contributed by atoms with E-state index in [0.29, 0.717) is 18.7 Å². The van der Waals surface area contributed by atoms with Gasteiger partial charge in [-0.1, -0.05) is 0 Å². The van der Waals surface area contributed by atoms with Gasteiger partial charge in [0.25, 0.3) is 5.91 Å². The van der Waals surface area contributed by atoms with E-state index in [9.17, 15) is 4.79 Å². The van der Waals surface area contributed by atoms with E-state index in [1.807, 2.05) is 35.2 Å². The molecule has 1 N–H and O–H groups in total. The molecule has 6 nitrogen and oxygen atoms in total. The van der Waals surface area contributed by atoms with Crippen LogP contribution in [0.1, 0.15) is 29.6 Å². The summed E-state index contributed by atoms with van der Waals surface area (Å²) in [6.45, 7) is 2.81. The molecule has 26 heavy (non-hydrogen) atoms. The number of carbonyl (C=O) groups excluding carboxylic acids is 1. The number of pyridine rings is 1. The molecule has 2 heterocycles. The fourth-order valence-corrected chi connectivity index (χ4v) is 2.97. The molecule has 2 aromatic rings. The number of ether oxygens (including phenoxy) is 2. The zero-order valence-electron chi connectivity index (χ0n) is 15.1. The number of piperidine rings is 1. The first-order valence-electron chi connectivity index (χ1n) is 9.01. The Bertz CT molecular complexity index is 712. The van der Waals surface area contributed by atoms with Gasteiger partial charge in [-0.25, -0.2) is 0 Å².